The number of rotatable bonds is 4. The molecule has 0 amide bonds. The van der Waals surface area contributed by atoms with Crippen LogP contribution in [0.15, 0.2) is 58.5 Å². The molecule has 0 saturated carbocycles. The third-order valence-electron chi connectivity index (χ3n) is 5.06. The molecular formula is C20H16F2N6OS. The summed E-state index contributed by atoms with van der Waals surface area (Å²) in [6, 6.07) is 14.0. The summed E-state index contributed by atoms with van der Waals surface area (Å²) in [6.07, 6.45) is 0. The van der Waals surface area contributed by atoms with Crippen LogP contribution in [-0.4, -0.2) is 28.7 Å². The van der Waals surface area contributed by atoms with Gasteiger partial charge in [-0.05, 0) is 31.2 Å². The maximum Gasteiger partial charge on any atom is 0.320 e. The van der Waals surface area contributed by atoms with Gasteiger partial charge in [-0.1, -0.05) is 36.0 Å². The largest absolute Gasteiger partial charge is 0.320 e. The number of benzene rings is 2. The third-order valence-corrected chi connectivity index (χ3v) is 6.10. The van der Waals surface area contributed by atoms with Gasteiger partial charge in [0.25, 0.3) is 5.56 Å². The lowest BCUT2D eigenvalue weighted by molar-refractivity contribution is 0.0715. The van der Waals surface area contributed by atoms with Crippen molar-refractivity contribution in [3.63, 3.8) is 0 Å². The number of imidazole rings is 1. The zero-order valence-corrected chi connectivity index (χ0v) is 16.8. The summed E-state index contributed by atoms with van der Waals surface area (Å²) < 4.78 is 31.8. The lowest BCUT2D eigenvalue weighted by atomic mass is 10.2. The van der Waals surface area contributed by atoms with Crippen LogP contribution >= 0.6 is 11.8 Å². The Morgan fingerprint density at radius 1 is 1.00 bits per heavy atom. The molecule has 3 heterocycles. The van der Waals surface area contributed by atoms with E-state index in [0.29, 0.717) is 32.9 Å². The molecule has 5 rings (SSSR count). The summed E-state index contributed by atoms with van der Waals surface area (Å²) >= 11 is 1.27. The first kappa shape index (κ1) is 18.7. The fourth-order valence-corrected chi connectivity index (χ4v) is 4.61. The predicted molar refractivity (Wildman–Crippen MR) is 111 cm³/mol. The summed E-state index contributed by atoms with van der Waals surface area (Å²) in [6.45, 7) is -0.914. The van der Waals surface area contributed by atoms with Crippen LogP contribution in [0.25, 0.3) is 27.7 Å². The molecule has 3 aromatic heterocycles. The maximum atomic E-state index is 13.8. The Hall–Kier alpha value is -3.27. The van der Waals surface area contributed by atoms with E-state index in [-0.39, 0.29) is 11.4 Å². The van der Waals surface area contributed by atoms with Gasteiger partial charge in [0.05, 0.1) is 27.2 Å². The van der Waals surface area contributed by atoms with Crippen molar-refractivity contribution in [1.82, 2.24) is 28.7 Å². The van der Waals surface area contributed by atoms with Gasteiger partial charge < -0.3 is 0 Å². The van der Waals surface area contributed by atoms with Gasteiger partial charge >= 0.3 is 6.55 Å². The van der Waals surface area contributed by atoms with Gasteiger partial charge in [-0.15, -0.1) is 10.2 Å². The van der Waals surface area contributed by atoms with E-state index in [9.17, 15) is 13.6 Å². The third kappa shape index (κ3) is 2.71. The number of aromatic nitrogens is 6. The van der Waals surface area contributed by atoms with Crippen molar-refractivity contribution >= 4 is 39.5 Å². The SMILES string of the molecule is CC(Sc1nnc2n(C)c(=O)c3ccccc3n12)c1nc2ccccc2n1C(F)F. The number of alkyl halides is 2. The van der Waals surface area contributed by atoms with Gasteiger partial charge in [-0.2, -0.15) is 8.78 Å². The van der Waals surface area contributed by atoms with Gasteiger partial charge in [0, 0.05) is 7.05 Å². The molecule has 30 heavy (non-hydrogen) atoms. The number of hydrogen-bond acceptors (Lipinski definition) is 5. The van der Waals surface area contributed by atoms with E-state index in [1.807, 2.05) is 12.1 Å². The second kappa shape index (κ2) is 6.91. The van der Waals surface area contributed by atoms with Gasteiger partial charge in [-0.25, -0.2) is 4.98 Å². The zero-order valence-electron chi connectivity index (χ0n) is 16.0. The van der Waals surface area contributed by atoms with Crippen molar-refractivity contribution in [1.29, 1.82) is 0 Å². The number of aryl methyl sites for hydroxylation is 1. The molecule has 0 aliphatic rings. The van der Waals surface area contributed by atoms with Crippen molar-refractivity contribution < 1.29 is 8.78 Å². The highest BCUT2D eigenvalue weighted by molar-refractivity contribution is 7.99. The fourth-order valence-electron chi connectivity index (χ4n) is 3.65. The average Bonchev–Trinajstić information content (AvgIpc) is 3.34. The summed E-state index contributed by atoms with van der Waals surface area (Å²) in [5, 5.41) is 8.98. The van der Waals surface area contributed by atoms with Crippen LogP contribution in [0.1, 0.15) is 24.5 Å². The topological polar surface area (TPSA) is 70.0 Å². The van der Waals surface area contributed by atoms with Crippen LogP contribution in [0.3, 0.4) is 0 Å². The van der Waals surface area contributed by atoms with Crippen LogP contribution in [0, 0.1) is 0 Å². The Labute approximate surface area is 173 Å². The first-order valence-corrected chi connectivity index (χ1v) is 10.1. The number of nitrogens with zero attached hydrogens (tertiary/aromatic N) is 6. The molecule has 0 spiro atoms. The van der Waals surface area contributed by atoms with E-state index in [1.54, 1.807) is 54.8 Å². The molecule has 0 radical (unpaired) electrons. The van der Waals surface area contributed by atoms with E-state index < -0.39 is 11.8 Å². The first-order chi connectivity index (χ1) is 14.5. The predicted octanol–water partition coefficient (Wildman–Crippen LogP) is 4.18. The Morgan fingerprint density at radius 3 is 2.47 bits per heavy atom. The average molecular weight is 426 g/mol. The highest BCUT2D eigenvalue weighted by Gasteiger charge is 2.25. The fraction of sp³-hybridized carbons (Fsp3) is 0.200. The van der Waals surface area contributed by atoms with Crippen LogP contribution in [0.5, 0.6) is 0 Å². The Bertz CT molecular complexity index is 1470. The molecule has 10 heteroatoms. The highest BCUT2D eigenvalue weighted by Crippen LogP contribution is 2.37. The molecule has 1 atom stereocenters. The lowest BCUT2D eigenvalue weighted by Crippen LogP contribution is -2.20. The summed E-state index contributed by atoms with van der Waals surface area (Å²) in [7, 11) is 1.63. The van der Waals surface area contributed by atoms with Gasteiger partial charge in [0.2, 0.25) is 5.78 Å². The lowest BCUT2D eigenvalue weighted by Gasteiger charge is -2.13. The van der Waals surface area contributed by atoms with Gasteiger partial charge in [-0.3, -0.25) is 18.3 Å². The molecule has 5 aromatic rings. The smallest absolute Gasteiger partial charge is 0.279 e. The number of para-hydroxylation sites is 3. The molecule has 0 bridgehead atoms. The molecular weight excluding hydrogens is 410 g/mol. The number of hydrogen-bond donors (Lipinski definition) is 0. The molecule has 0 aliphatic carbocycles. The van der Waals surface area contributed by atoms with Crippen LogP contribution in [0.2, 0.25) is 0 Å². The highest BCUT2D eigenvalue weighted by atomic mass is 32.2. The molecule has 7 nitrogen and oxygen atoms in total. The summed E-state index contributed by atoms with van der Waals surface area (Å²) in [5.74, 6) is 0.637. The Balaban J connectivity index is 1.66. The van der Waals surface area contributed by atoms with E-state index in [1.165, 1.54) is 16.3 Å². The van der Waals surface area contributed by atoms with E-state index in [0.717, 1.165) is 4.57 Å². The Kier molecular flexibility index (Phi) is 4.31. The second-order valence-corrected chi connectivity index (χ2v) is 8.17. The molecule has 2 aromatic carbocycles. The first-order valence-electron chi connectivity index (χ1n) is 9.22. The van der Waals surface area contributed by atoms with E-state index in [4.69, 9.17) is 0 Å². The molecule has 0 aliphatic heterocycles. The van der Waals surface area contributed by atoms with Crippen molar-refractivity contribution in [2.45, 2.75) is 23.9 Å². The number of thioether (sulfide) groups is 1. The van der Waals surface area contributed by atoms with Crippen molar-refractivity contribution in [3.8, 4) is 0 Å². The van der Waals surface area contributed by atoms with Crippen LogP contribution in [0.4, 0.5) is 8.78 Å². The second-order valence-electron chi connectivity index (χ2n) is 6.87. The summed E-state index contributed by atoms with van der Waals surface area (Å²) in [4.78, 5) is 17.0. The summed E-state index contributed by atoms with van der Waals surface area (Å²) in [5.41, 5.74) is 1.39. The Morgan fingerprint density at radius 2 is 1.70 bits per heavy atom. The zero-order chi connectivity index (χ0) is 21.0. The number of fused-ring (bicyclic) bond motifs is 4. The van der Waals surface area contributed by atoms with Crippen molar-refractivity contribution in [3.05, 3.63) is 64.7 Å². The maximum absolute atomic E-state index is 13.8. The quantitative estimate of drug-likeness (QED) is 0.403. The molecule has 1 unspecified atom stereocenters. The van der Waals surface area contributed by atoms with Crippen molar-refractivity contribution in [2.75, 3.05) is 0 Å². The molecule has 0 N–H and O–H groups in total. The van der Waals surface area contributed by atoms with Gasteiger partial charge in [0.15, 0.2) is 5.16 Å². The van der Waals surface area contributed by atoms with Crippen LogP contribution in [-0.2, 0) is 7.05 Å². The van der Waals surface area contributed by atoms with Crippen LogP contribution < -0.4 is 5.56 Å². The van der Waals surface area contributed by atoms with E-state index >= 15 is 0 Å². The monoisotopic (exact) mass is 426 g/mol. The minimum Gasteiger partial charge on any atom is -0.279 e. The molecule has 0 saturated heterocycles. The molecule has 0 fully saturated rings. The van der Waals surface area contributed by atoms with E-state index in [2.05, 4.69) is 15.2 Å². The molecule has 152 valence electrons. The minimum absolute atomic E-state index is 0.172. The minimum atomic E-state index is -2.72. The number of halogens is 2. The standard InChI is InChI=1S/C20H16F2N6OS/c1-11(16-23-13-8-4-6-10-15(13)27(16)18(21)22)30-20-25-24-19-26(2)17(29)12-7-3-5-9-14(12)28(19)20/h3-11,18H,1-2H3. The van der Waals surface area contributed by atoms with Gasteiger partial charge in [0.1, 0.15) is 5.82 Å². The normalized spacial score (nSPS) is 13.1. The van der Waals surface area contributed by atoms with Crippen molar-refractivity contribution in [2.24, 2.45) is 7.05 Å².